The molecule has 1 amide bonds. The van der Waals surface area contributed by atoms with E-state index in [1.165, 1.54) is 12.0 Å². The van der Waals surface area contributed by atoms with Gasteiger partial charge < -0.3 is 19.5 Å². The Balaban J connectivity index is 2.74. The molecular weight excluding hydrogens is 202 g/mol. The van der Waals surface area contributed by atoms with Gasteiger partial charge >= 0.3 is 12.1 Å². The van der Waals surface area contributed by atoms with Crippen LogP contribution in [0.5, 0.6) is 0 Å². The van der Waals surface area contributed by atoms with Crippen molar-refractivity contribution in [2.45, 2.75) is 13.0 Å². The Morgan fingerprint density at radius 1 is 1.53 bits per heavy atom. The maximum atomic E-state index is 11.4. The lowest BCUT2D eigenvalue weighted by Gasteiger charge is -2.27. The van der Waals surface area contributed by atoms with Gasteiger partial charge in [-0.15, -0.1) is 0 Å². The van der Waals surface area contributed by atoms with E-state index in [0.29, 0.717) is 6.54 Å². The van der Waals surface area contributed by atoms with E-state index in [1.54, 1.807) is 6.92 Å². The number of aliphatic carboxylic acids is 1. The molecule has 0 saturated carbocycles. The van der Waals surface area contributed by atoms with E-state index in [-0.39, 0.29) is 13.2 Å². The number of hydrogen-bond donors (Lipinski definition) is 1. The zero-order valence-electron chi connectivity index (χ0n) is 8.80. The molecule has 0 aromatic carbocycles. The van der Waals surface area contributed by atoms with Crippen molar-refractivity contribution in [2.75, 3.05) is 26.9 Å². The normalized spacial score (nSPS) is 24.9. The molecule has 86 valence electrons. The number of nitrogens with zero attached hydrogens (tertiary/aromatic N) is 1. The summed E-state index contributed by atoms with van der Waals surface area (Å²) in [7, 11) is 1.27. The van der Waals surface area contributed by atoms with Crippen LogP contribution >= 0.6 is 0 Å². The van der Waals surface area contributed by atoms with Gasteiger partial charge in [0.15, 0.2) is 0 Å². The average molecular weight is 217 g/mol. The Bertz CT molecular complexity index is 255. The van der Waals surface area contributed by atoms with Crippen LogP contribution in [-0.4, -0.2) is 55.0 Å². The summed E-state index contributed by atoms with van der Waals surface area (Å²) in [6.45, 7) is 2.58. The molecule has 6 heteroatoms. The van der Waals surface area contributed by atoms with Gasteiger partial charge in [-0.25, -0.2) is 4.79 Å². The zero-order chi connectivity index (χ0) is 11.4. The monoisotopic (exact) mass is 217 g/mol. The highest BCUT2D eigenvalue weighted by atomic mass is 16.5. The largest absolute Gasteiger partial charge is 0.481 e. The molecule has 2 atom stereocenters. The maximum Gasteiger partial charge on any atom is 0.409 e. The molecule has 0 radical (unpaired) electrons. The number of ether oxygens (including phenoxy) is 2. The molecule has 1 fully saturated rings. The van der Waals surface area contributed by atoms with Crippen LogP contribution in [0.1, 0.15) is 6.92 Å². The van der Waals surface area contributed by atoms with Crippen molar-refractivity contribution in [3.63, 3.8) is 0 Å². The molecule has 0 aliphatic carbocycles. The molecule has 2 unspecified atom stereocenters. The molecule has 1 heterocycles. The van der Waals surface area contributed by atoms with E-state index < -0.39 is 24.0 Å². The topological polar surface area (TPSA) is 76.1 Å². The molecule has 1 aliphatic heterocycles. The smallest absolute Gasteiger partial charge is 0.409 e. The van der Waals surface area contributed by atoms with Crippen LogP contribution in [0.3, 0.4) is 0 Å². The van der Waals surface area contributed by atoms with Gasteiger partial charge in [-0.1, -0.05) is 0 Å². The van der Waals surface area contributed by atoms with Gasteiger partial charge in [0.25, 0.3) is 0 Å². The van der Waals surface area contributed by atoms with Gasteiger partial charge in [-0.05, 0) is 6.92 Å². The number of hydrogen-bond acceptors (Lipinski definition) is 4. The summed E-state index contributed by atoms with van der Waals surface area (Å²) in [4.78, 5) is 23.6. The predicted octanol–water partition coefficient (Wildman–Crippen LogP) is 0.174. The molecular formula is C9H15NO5. The highest BCUT2D eigenvalue weighted by Crippen LogP contribution is 2.20. The summed E-state index contributed by atoms with van der Waals surface area (Å²) in [6, 6.07) is -0.431. The number of carboxylic acid groups (broad SMARTS) is 1. The minimum atomic E-state index is -0.945. The van der Waals surface area contributed by atoms with E-state index in [2.05, 4.69) is 4.74 Å². The first-order valence-corrected chi connectivity index (χ1v) is 4.77. The molecule has 0 bridgehead atoms. The van der Waals surface area contributed by atoms with Crippen molar-refractivity contribution < 1.29 is 24.2 Å². The van der Waals surface area contributed by atoms with Gasteiger partial charge in [-0.3, -0.25) is 4.79 Å². The van der Waals surface area contributed by atoms with Crippen molar-refractivity contribution in [2.24, 2.45) is 5.92 Å². The fraction of sp³-hybridized carbons (Fsp3) is 0.778. The second kappa shape index (κ2) is 4.97. The number of rotatable bonds is 3. The molecule has 1 saturated heterocycles. The van der Waals surface area contributed by atoms with Crippen molar-refractivity contribution in [3.05, 3.63) is 0 Å². The first kappa shape index (κ1) is 11.8. The summed E-state index contributed by atoms with van der Waals surface area (Å²) in [5.41, 5.74) is 0. The van der Waals surface area contributed by atoms with Crippen LogP contribution in [0.15, 0.2) is 0 Å². The summed E-state index contributed by atoms with van der Waals surface area (Å²) < 4.78 is 9.66. The van der Waals surface area contributed by atoms with Crippen molar-refractivity contribution in [3.8, 4) is 0 Å². The number of methoxy groups -OCH3 is 1. The molecule has 1 rings (SSSR count). The lowest BCUT2D eigenvalue weighted by atomic mass is 10.0. The SMILES string of the molecule is CCN(C(=O)OC)C1COCC1C(=O)O. The molecule has 1 aliphatic rings. The Kier molecular flexibility index (Phi) is 3.90. The molecule has 0 aromatic heterocycles. The van der Waals surface area contributed by atoms with Crippen molar-refractivity contribution in [1.82, 2.24) is 4.90 Å². The third kappa shape index (κ3) is 2.38. The van der Waals surface area contributed by atoms with E-state index in [4.69, 9.17) is 9.84 Å². The molecule has 6 nitrogen and oxygen atoms in total. The molecule has 15 heavy (non-hydrogen) atoms. The minimum absolute atomic E-state index is 0.146. The number of carbonyl (C=O) groups excluding carboxylic acids is 1. The van der Waals surface area contributed by atoms with Crippen LogP contribution in [0.25, 0.3) is 0 Å². The van der Waals surface area contributed by atoms with Crippen molar-refractivity contribution in [1.29, 1.82) is 0 Å². The van der Waals surface area contributed by atoms with Gasteiger partial charge in [0.05, 0.1) is 26.4 Å². The number of likely N-dealkylation sites (N-methyl/N-ethyl adjacent to an activating group) is 1. The van der Waals surface area contributed by atoms with Gasteiger partial charge in [0, 0.05) is 6.54 Å². The Labute approximate surface area is 87.8 Å². The second-order valence-electron chi connectivity index (χ2n) is 3.31. The number of carboxylic acids is 1. The fourth-order valence-corrected chi connectivity index (χ4v) is 1.70. The second-order valence-corrected chi connectivity index (χ2v) is 3.31. The van der Waals surface area contributed by atoms with E-state index in [9.17, 15) is 9.59 Å². The van der Waals surface area contributed by atoms with Crippen molar-refractivity contribution >= 4 is 12.1 Å². The first-order valence-electron chi connectivity index (χ1n) is 4.77. The summed E-state index contributed by atoms with van der Waals surface area (Å²) in [5.74, 6) is -1.61. The zero-order valence-corrected chi connectivity index (χ0v) is 8.80. The lowest BCUT2D eigenvalue weighted by molar-refractivity contribution is -0.142. The van der Waals surface area contributed by atoms with E-state index >= 15 is 0 Å². The van der Waals surface area contributed by atoms with Crippen LogP contribution in [0, 0.1) is 5.92 Å². The van der Waals surface area contributed by atoms with Crippen LogP contribution in [0.2, 0.25) is 0 Å². The lowest BCUT2D eigenvalue weighted by Crippen LogP contribution is -2.46. The third-order valence-electron chi connectivity index (χ3n) is 2.52. The summed E-state index contributed by atoms with van der Waals surface area (Å²) in [5, 5.41) is 8.92. The van der Waals surface area contributed by atoms with E-state index in [0.717, 1.165) is 0 Å². The highest BCUT2D eigenvalue weighted by molar-refractivity contribution is 5.74. The van der Waals surface area contributed by atoms with Gasteiger partial charge in [0.2, 0.25) is 0 Å². The quantitative estimate of drug-likeness (QED) is 0.729. The molecule has 0 aromatic rings. The Morgan fingerprint density at radius 3 is 2.67 bits per heavy atom. The Hall–Kier alpha value is -1.30. The van der Waals surface area contributed by atoms with Gasteiger partial charge in [0.1, 0.15) is 5.92 Å². The standard InChI is InChI=1S/C9H15NO5/c1-3-10(9(13)14-2)7-5-15-4-6(7)8(11)12/h6-7H,3-5H2,1-2H3,(H,11,12). The van der Waals surface area contributed by atoms with Gasteiger partial charge in [-0.2, -0.15) is 0 Å². The fourth-order valence-electron chi connectivity index (χ4n) is 1.70. The predicted molar refractivity (Wildman–Crippen MR) is 50.5 cm³/mol. The van der Waals surface area contributed by atoms with Crippen LogP contribution < -0.4 is 0 Å². The maximum absolute atomic E-state index is 11.4. The average Bonchev–Trinajstić information content (AvgIpc) is 2.67. The summed E-state index contributed by atoms with van der Waals surface area (Å²) >= 11 is 0. The highest BCUT2D eigenvalue weighted by Gasteiger charge is 2.39. The Morgan fingerprint density at radius 2 is 2.20 bits per heavy atom. The molecule has 1 N–H and O–H groups in total. The third-order valence-corrected chi connectivity index (χ3v) is 2.52. The van der Waals surface area contributed by atoms with Crippen LogP contribution in [-0.2, 0) is 14.3 Å². The summed E-state index contributed by atoms with van der Waals surface area (Å²) in [6.07, 6.45) is -0.515. The van der Waals surface area contributed by atoms with E-state index in [1.807, 2.05) is 0 Å². The molecule has 0 spiro atoms. The van der Waals surface area contributed by atoms with Crippen LogP contribution in [0.4, 0.5) is 4.79 Å². The number of amides is 1. The number of carbonyl (C=O) groups is 2. The minimum Gasteiger partial charge on any atom is -0.481 e. The first-order chi connectivity index (χ1) is 7.11.